The number of carbonyl (C=O) groups is 2. The lowest BCUT2D eigenvalue weighted by atomic mass is 9.99. The highest BCUT2D eigenvalue weighted by Crippen LogP contribution is 2.22. The van der Waals surface area contributed by atoms with Gasteiger partial charge in [-0.05, 0) is 5.92 Å². The lowest BCUT2D eigenvalue weighted by molar-refractivity contribution is -0.142. The molecule has 1 heterocycles. The fourth-order valence-electron chi connectivity index (χ4n) is 1.61. The summed E-state index contributed by atoms with van der Waals surface area (Å²) in [6, 6.07) is -0.199. The van der Waals surface area contributed by atoms with E-state index in [4.69, 9.17) is 5.11 Å². The maximum absolute atomic E-state index is 11.1. The molecule has 0 aliphatic carbocycles. The van der Waals surface area contributed by atoms with Gasteiger partial charge in [0.15, 0.2) is 0 Å². The number of urea groups is 1. The lowest BCUT2D eigenvalue weighted by Crippen LogP contribution is -2.36. The third-order valence-electron chi connectivity index (χ3n) is 2.43. The molecule has 1 fully saturated rings. The first-order valence-corrected chi connectivity index (χ1v) is 4.25. The van der Waals surface area contributed by atoms with Crippen LogP contribution in [0, 0.1) is 11.8 Å². The van der Waals surface area contributed by atoms with Gasteiger partial charge in [-0.2, -0.15) is 0 Å². The van der Waals surface area contributed by atoms with Crippen LogP contribution in [0.5, 0.6) is 0 Å². The van der Waals surface area contributed by atoms with Crippen LogP contribution >= 0.6 is 0 Å². The Kier molecular flexibility index (Phi) is 2.75. The highest BCUT2D eigenvalue weighted by atomic mass is 16.4. The van der Waals surface area contributed by atoms with Crippen molar-refractivity contribution in [2.45, 2.75) is 6.92 Å². The van der Waals surface area contributed by atoms with Gasteiger partial charge in [-0.15, -0.1) is 0 Å². The summed E-state index contributed by atoms with van der Waals surface area (Å²) in [4.78, 5) is 23.4. The molecule has 2 amide bonds. The van der Waals surface area contributed by atoms with Crippen molar-refractivity contribution in [2.24, 2.45) is 11.8 Å². The number of carboxylic acid groups (broad SMARTS) is 1. The largest absolute Gasteiger partial charge is 0.481 e. The molecule has 0 spiro atoms. The van der Waals surface area contributed by atoms with E-state index in [1.165, 1.54) is 4.90 Å². The summed E-state index contributed by atoms with van der Waals surface area (Å²) in [5.41, 5.74) is 0. The van der Waals surface area contributed by atoms with Crippen LogP contribution in [-0.4, -0.2) is 42.1 Å². The monoisotopic (exact) mass is 186 g/mol. The van der Waals surface area contributed by atoms with Gasteiger partial charge in [-0.1, -0.05) is 6.92 Å². The summed E-state index contributed by atoms with van der Waals surface area (Å²) < 4.78 is 0. The summed E-state index contributed by atoms with van der Waals surface area (Å²) in [5, 5.41) is 11.3. The predicted molar refractivity (Wildman–Crippen MR) is 46.3 cm³/mol. The van der Waals surface area contributed by atoms with Crippen LogP contribution in [0.15, 0.2) is 0 Å². The summed E-state index contributed by atoms with van der Waals surface area (Å²) in [7, 11) is 1.54. The van der Waals surface area contributed by atoms with Crippen molar-refractivity contribution >= 4 is 12.0 Å². The Morgan fingerprint density at radius 3 is 2.46 bits per heavy atom. The zero-order chi connectivity index (χ0) is 10.0. The van der Waals surface area contributed by atoms with E-state index < -0.39 is 11.9 Å². The maximum atomic E-state index is 11.1. The smallest absolute Gasteiger partial charge is 0.317 e. The van der Waals surface area contributed by atoms with Crippen molar-refractivity contribution in [1.29, 1.82) is 0 Å². The highest BCUT2D eigenvalue weighted by Gasteiger charge is 2.36. The molecule has 1 saturated heterocycles. The molecule has 0 saturated carbocycles. The van der Waals surface area contributed by atoms with Gasteiger partial charge in [-0.25, -0.2) is 4.79 Å². The van der Waals surface area contributed by atoms with Crippen molar-refractivity contribution in [3.05, 3.63) is 0 Å². The molecule has 74 valence electrons. The molecule has 2 N–H and O–H groups in total. The zero-order valence-corrected chi connectivity index (χ0v) is 7.78. The van der Waals surface area contributed by atoms with Crippen LogP contribution in [0.3, 0.4) is 0 Å². The number of amides is 2. The van der Waals surface area contributed by atoms with Crippen molar-refractivity contribution in [1.82, 2.24) is 10.2 Å². The standard InChI is InChI=1S/C8H14N2O3/c1-5-3-10(8(13)9-2)4-6(5)7(11)12/h5-6H,3-4H2,1-2H3,(H,9,13)(H,11,12). The third-order valence-corrected chi connectivity index (χ3v) is 2.43. The molecule has 0 aromatic carbocycles. The van der Waals surface area contributed by atoms with Crippen molar-refractivity contribution in [3.63, 3.8) is 0 Å². The lowest BCUT2D eigenvalue weighted by Gasteiger charge is -2.14. The van der Waals surface area contributed by atoms with Crippen LogP contribution in [0.4, 0.5) is 4.79 Å². The van der Waals surface area contributed by atoms with Gasteiger partial charge in [0, 0.05) is 20.1 Å². The minimum atomic E-state index is -0.820. The second-order valence-corrected chi connectivity index (χ2v) is 3.38. The molecule has 2 unspecified atom stereocenters. The molecular formula is C8H14N2O3. The number of carbonyl (C=O) groups excluding carboxylic acids is 1. The first kappa shape index (κ1) is 9.83. The maximum Gasteiger partial charge on any atom is 0.317 e. The highest BCUT2D eigenvalue weighted by molar-refractivity contribution is 5.77. The van der Waals surface area contributed by atoms with Gasteiger partial charge in [0.25, 0.3) is 0 Å². The minimum Gasteiger partial charge on any atom is -0.481 e. The summed E-state index contributed by atoms with van der Waals surface area (Å²) in [5.74, 6) is -1.20. The Bertz CT molecular complexity index is 229. The summed E-state index contributed by atoms with van der Waals surface area (Å²) in [6.45, 7) is 2.69. The molecular weight excluding hydrogens is 172 g/mol. The average Bonchev–Trinajstić information content (AvgIpc) is 2.46. The van der Waals surface area contributed by atoms with E-state index in [0.29, 0.717) is 13.1 Å². The van der Waals surface area contributed by atoms with E-state index in [1.54, 1.807) is 7.05 Å². The quantitative estimate of drug-likeness (QED) is 0.604. The van der Waals surface area contributed by atoms with Gasteiger partial charge >= 0.3 is 12.0 Å². The Morgan fingerprint density at radius 2 is 2.08 bits per heavy atom. The first-order valence-electron chi connectivity index (χ1n) is 4.25. The van der Waals surface area contributed by atoms with Crippen molar-refractivity contribution in [3.8, 4) is 0 Å². The van der Waals surface area contributed by atoms with E-state index in [1.807, 2.05) is 6.92 Å². The predicted octanol–water partition coefficient (Wildman–Crippen LogP) is -0.0217. The Hall–Kier alpha value is -1.26. The number of hydrogen-bond donors (Lipinski definition) is 2. The first-order chi connectivity index (χ1) is 6.06. The molecule has 1 aliphatic rings. The number of aliphatic carboxylic acids is 1. The third kappa shape index (κ3) is 1.91. The molecule has 0 radical (unpaired) electrons. The molecule has 13 heavy (non-hydrogen) atoms. The molecule has 0 aromatic heterocycles. The number of hydrogen-bond acceptors (Lipinski definition) is 2. The van der Waals surface area contributed by atoms with Gasteiger partial charge in [0.2, 0.25) is 0 Å². The molecule has 0 aromatic rings. The number of carboxylic acids is 1. The minimum absolute atomic E-state index is 0.0369. The Labute approximate surface area is 76.7 Å². The second kappa shape index (κ2) is 3.64. The van der Waals surface area contributed by atoms with E-state index in [9.17, 15) is 9.59 Å². The van der Waals surface area contributed by atoms with Crippen LogP contribution in [0.25, 0.3) is 0 Å². The average molecular weight is 186 g/mol. The fourth-order valence-corrected chi connectivity index (χ4v) is 1.61. The van der Waals surface area contributed by atoms with Crippen molar-refractivity contribution in [2.75, 3.05) is 20.1 Å². The number of rotatable bonds is 1. The topological polar surface area (TPSA) is 69.6 Å². The van der Waals surface area contributed by atoms with Crippen LogP contribution < -0.4 is 5.32 Å². The molecule has 1 rings (SSSR count). The molecule has 1 aliphatic heterocycles. The SMILES string of the molecule is CNC(=O)N1CC(C)C(C(=O)O)C1. The summed E-state index contributed by atoms with van der Waals surface area (Å²) in [6.07, 6.45) is 0. The van der Waals surface area contributed by atoms with Gasteiger partial charge in [0.1, 0.15) is 0 Å². The van der Waals surface area contributed by atoms with E-state index in [-0.39, 0.29) is 11.9 Å². The van der Waals surface area contributed by atoms with Gasteiger partial charge in [-0.3, -0.25) is 4.79 Å². The van der Waals surface area contributed by atoms with Crippen LogP contribution in [0.1, 0.15) is 6.92 Å². The zero-order valence-electron chi connectivity index (χ0n) is 7.78. The van der Waals surface area contributed by atoms with Gasteiger partial charge in [0.05, 0.1) is 5.92 Å². The Morgan fingerprint density at radius 1 is 1.46 bits per heavy atom. The molecule has 2 atom stereocenters. The van der Waals surface area contributed by atoms with Gasteiger partial charge < -0.3 is 15.3 Å². The van der Waals surface area contributed by atoms with Crippen LogP contribution in [0.2, 0.25) is 0 Å². The molecule has 0 bridgehead atoms. The normalized spacial score (nSPS) is 27.4. The fraction of sp³-hybridized carbons (Fsp3) is 0.750. The van der Waals surface area contributed by atoms with Crippen LogP contribution in [-0.2, 0) is 4.79 Å². The molecule has 5 nitrogen and oxygen atoms in total. The molecule has 5 heteroatoms. The van der Waals surface area contributed by atoms with Crippen molar-refractivity contribution < 1.29 is 14.7 Å². The Balaban J connectivity index is 2.59. The number of nitrogens with one attached hydrogen (secondary N) is 1. The van der Waals surface area contributed by atoms with E-state index in [2.05, 4.69) is 5.32 Å². The summed E-state index contributed by atoms with van der Waals surface area (Å²) >= 11 is 0. The van der Waals surface area contributed by atoms with E-state index in [0.717, 1.165) is 0 Å². The second-order valence-electron chi connectivity index (χ2n) is 3.38. The number of nitrogens with zero attached hydrogens (tertiary/aromatic N) is 1. The number of likely N-dealkylation sites (tertiary alicyclic amines) is 1. The van der Waals surface area contributed by atoms with E-state index >= 15 is 0 Å².